The normalized spacial score (nSPS) is 27.4. The van der Waals surface area contributed by atoms with Crippen LogP contribution in [0.5, 0.6) is 11.5 Å². The summed E-state index contributed by atoms with van der Waals surface area (Å²) in [6.45, 7) is 3.73. The van der Waals surface area contributed by atoms with E-state index in [1.807, 2.05) is 27.6 Å². The van der Waals surface area contributed by atoms with Crippen molar-refractivity contribution in [2.24, 2.45) is 5.92 Å². The molecule has 7 nitrogen and oxygen atoms in total. The van der Waals surface area contributed by atoms with Gasteiger partial charge in [0, 0.05) is 56.3 Å². The van der Waals surface area contributed by atoms with Crippen LogP contribution in [0.15, 0.2) is 18.2 Å². The monoisotopic (exact) mass is 432 g/mol. The van der Waals surface area contributed by atoms with Crippen LogP contribution in [0, 0.1) is 5.92 Å². The van der Waals surface area contributed by atoms with E-state index in [4.69, 9.17) is 14.2 Å². The first-order valence-corrected chi connectivity index (χ1v) is 11.9. The van der Waals surface area contributed by atoms with Gasteiger partial charge < -0.3 is 24.0 Å². The lowest BCUT2D eigenvalue weighted by Gasteiger charge is -2.31. The molecule has 0 spiro atoms. The van der Waals surface area contributed by atoms with E-state index in [2.05, 4.69) is 12.1 Å². The molecule has 0 N–H and O–H groups in total. The molecule has 0 radical (unpaired) electrons. The van der Waals surface area contributed by atoms with Gasteiger partial charge in [-0.25, -0.2) is 0 Å². The maximum atomic E-state index is 13.2. The molecule has 0 aromatic heterocycles. The zero-order valence-corrected chi connectivity index (χ0v) is 17.9. The van der Waals surface area contributed by atoms with Gasteiger partial charge in [-0.1, -0.05) is 6.07 Å². The number of carbonyl (C=O) groups excluding carboxylic acids is 2. The first-order chi connectivity index (χ1) is 14.7. The van der Waals surface area contributed by atoms with Gasteiger partial charge in [-0.2, -0.15) is 11.8 Å². The highest BCUT2D eigenvalue weighted by molar-refractivity contribution is 7.99. The lowest BCUT2D eigenvalue weighted by Crippen LogP contribution is -2.42. The summed E-state index contributed by atoms with van der Waals surface area (Å²) in [6.07, 6.45) is 3.01. The Hall–Kier alpha value is -1.93. The smallest absolute Gasteiger partial charge is 0.231 e. The highest BCUT2D eigenvalue weighted by atomic mass is 32.2. The van der Waals surface area contributed by atoms with E-state index >= 15 is 0 Å². The maximum Gasteiger partial charge on any atom is 0.231 e. The zero-order chi connectivity index (χ0) is 20.5. The minimum atomic E-state index is -0.201. The summed E-state index contributed by atoms with van der Waals surface area (Å²) in [5, 5.41) is 0.334. The van der Waals surface area contributed by atoms with Crippen LogP contribution in [0.25, 0.3) is 0 Å². The van der Waals surface area contributed by atoms with Crippen LogP contribution in [0.4, 0.5) is 0 Å². The summed E-state index contributed by atoms with van der Waals surface area (Å²) in [5.41, 5.74) is 1.22. The van der Waals surface area contributed by atoms with Crippen LogP contribution in [0.3, 0.4) is 0 Å². The molecule has 1 aromatic carbocycles. The second-order valence-corrected chi connectivity index (χ2v) is 9.69. The van der Waals surface area contributed by atoms with Crippen molar-refractivity contribution in [3.8, 4) is 11.5 Å². The molecule has 3 saturated heterocycles. The molecule has 0 bridgehead atoms. The molecule has 4 aliphatic heterocycles. The molecule has 2 unspecified atom stereocenters. The Morgan fingerprint density at radius 1 is 1.07 bits per heavy atom. The molecule has 3 fully saturated rings. The van der Waals surface area contributed by atoms with Gasteiger partial charge in [0.05, 0.1) is 5.92 Å². The molecular formula is C22H28N2O5S. The predicted octanol–water partition coefficient (Wildman–Crippen LogP) is 2.45. The first kappa shape index (κ1) is 20.0. The van der Waals surface area contributed by atoms with Gasteiger partial charge in [0.2, 0.25) is 18.6 Å². The molecule has 162 valence electrons. The van der Waals surface area contributed by atoms with Gasteiger partial charge in [-0.15, -0.1) is 0 Å². The summed E-state index contributed by atoms with van der Waals surface area (Å²) < 4.78 is 16.3. The molecule has 4 aliphatic rings. The predicted molar refractivity (Wildman–Crippen MR) is 113 cm³/mol. The van der Waals surface area contributed by atoms with E-state index in [9.17, 15) is 9.59 Å². The number of rotatable bonds is 3. The van der Waals surface area contributed by atoms with Crippen molar-refractivity contribution in [1.82, 2.24) is 9.80 Å². The topological polar surface area (TPSA) is 68.3 Å². The van der Waals surface area contributed by atoms with Crippen molar-refractivity contribution in [1.29, 1.82) is 0 Å². The Balaban J connectivity index is 1.19. The minimum Gasteiger partial charge on any atom is -0.454 e. The molecule has 5 rings (SSSR count). The number of hydrogen-bond donors (Lipinski definition) is 0. The van der Waals surface area contributed by atoms with Crippen LogP contribution < -0.4 is 9.47 Å². The number of nitrogens with zero attached hydrogens (tertiary/aromatic N) is 2. The molecule has 1 aromatic rings. The third kappa shape index (κ3) is 3.99. The van der Waals surface area contributed by atoms with Crippen molar-refractivity contribution in [3.63, 3.8) is 0 Å². The summed E-state index contributed by atoms with van der Waals surface area (Å²) in [5.74, 6) is 2.58. The average Bonchev–Trinajstić information content (AvgIpc) is 3.32. The van der Waals surface area contributed by atoms with Crippen molar-refractivity contribution < 1.29 is 23.8 Å². The molecule has 4 heterocycles. The summed E-state index contributed by atoms with van der Waals surface area (Å²) in [6, 6.07) is 6.38. The third-order valence-electron chi connectivity index (χ3n) is 6.56. The quantitative estimate of drug-likeness (QED) is 0.731. The van der Waals surface area contributed by atoms with Crippen molar-refractivity contribution in [2.75, 3.05) is 45.4 Å². The van der Waals surface area contributed by atoms with Crippen molar-refractivity contribution in [3.05, 3.63) is 23.8 Å². The number of carbonyl (C=O) groups is 2. The van der Waals surface area contributed by atoms with Crippen LogP contribution in [0.2, 0.25) is 0 Å². The third-order valence-corrected chi connectivity index (χ3v) is 7.89. The Labute approximate surface area is 181 Å². The van der Waals surface area contributed by atoms with E-state index < -0.39 is 0 Å². The van der Waals surface area contributed by atoms with Gasteiger partial charge in [0.15, 0.2) is 11.5 Å². The maximum absolute atomic E-state index is 13.2. The van der Waals surface area contributed by atoms with E-state index in [0.717, 1.165) is 49.6 Å². The summed E-state index contributed by atoms with van der Waals surface area (Å²) >= 11 is 1.89. The van der Waals surface area contributed by atoms with Crippen molar-refractivity contribution >= 4 is 23.6 Å². The fourth-order valence-corrected chi connectivity index (χ4v) is 6.10. The number of thioether (sulfide) groups is 1. The van der Waals surface area contributed by atoms with Crippen LogP contribution in [-0.4, -0.2) is 73.0 Å². The lowest BCUT2D eigenvalue weighted by atomic mass is 10.1. The van der Waals surface area contributed by atoms with E-state index in [-0.39, 0.29) is 30.6 Å². The van der Waals surface area contributed by atoms with Crippen LogP contribution in [0.1, 0.15) is 36.5 Å². The molecule has 0 aliphatic carbocycles. The molecule has 2 amide bonds. The second-order valence-electron chi connectivity index (χ2n) is 8.38. The van der Waals surface area contributed by atoms with E-state index in [0.29, 0.717) is 31.4 Å². The Kier molecular flexibility index (Phi) is 5.78. The number of fused-ring (bicyclic) bond motifs is 1. The van der Waals surface area contributed by atoms with Gasteiger partial charge in [-0.3, -0.25) is 9.59 Å². The van der Waals surface area contributed by atoms with Gasteiger partial charge in [-0.05, 0) is 37.0 Å². The lowest BCUT2D eigenvalue weighted by molar-refractivity contribution is -0.135. The molecule has 30 heavy (non-hydrogen) atoms. The molecule has 8 heteroatoms. The average molecular weight is 433 g/mol. The standard InChI is InChI=1S/C22H28N2O5S/c25-21-12-16(13-24(21)17-4-8-27-9-5-17)22(26)23-6-3-20(30-10-7-23)15-1-2-18-19(11-15)29-14-28-18/h1-2,11,16-17,20H,3-10,12-14H2. The number of benzene rings is 1. The Morgan fingerprint density at radius 2 is 1.90 bits per heavy atom. The SMILES string of the molecule is O=C(C1CC(=O)N(C2CCOCC2)C1)N1CCSC(c2ccc3c(c2)OCO3)CC1. The highest BCUT2D eigenvalue weighted by Crippen LogP contribution is 2.40. The van der Waals surface area contributed by atoms with Gasteiger partial charge in [0.25, 0.3) is 0 Å². The molecule has 2 atom stereocenters. The fourth-order valence-electron chi connectivity index (χ4n) is 4.88. The van der Waals surface area contributed by atoms with Crippen LogP contribution >= 0.6 is 11.8 Å². The van der Waals surface area contributed by atoms with E-state index in [1.165, 1.54) is 5.56 Å². The van der Waals surface area contributed by atoms with Gasteiger partial charge >= 0.3 is 0 Å². The number of amides is 2. The minimum absolute atomic E-state index is 0.127. The second kappa shape index (κ2) is 8.67. The Morgan fingerprint density at radius 3 is 2.77 bits per heavy atom. The number of likely N-dealkylation sites (tertiary alicyclic amines) is 1. The number of hydrogen-bond acceptors (Lipinski definition) is 6. The van der Waals surface area contributed by atoms with Crippen LogP contribution in [-0.2, 0) is 14.3 Å². The molecular weight excluding hydrogens is 404 g/mol. The largest absolute Gasteiger partial charge is 0.454 e. The fraction of sp³-hybridized carbons (Fsp3) is 0.636. The van der Waals surface area contributed by atoms with Crippen molar-refractivity contribution in [2.45, 2.75) is 37.0 Å². The molecule has 0 saturated carbocycles. The summed E-state index contributed by atoms with van der Waals surface area (Å²) in [7, 11) is 0. The number of ether oxygens (including phenoxy) is 3. The first-order valence-electron chi connectivity index (χ1n) is 10.9. The zero-order valence-electron chi connectivity index (χ0n) is 17.1. The highest BCUT2D eigenvalue weighted by Gasteiger charge is 2.40. The summed E-state index contributed by atoms with van der Waals surface area (Å²) in [4.78, 5) is 29.7. The Bertz CT molecular complexity index is 813. The van der Waals surface area contributed by atoms with Gasteiger partial charge in [0.1, 0.15) is 0 Å². The van der Waals surface area contributed by atoms with E-state index in [1.54, 1.807) is 0 Å².